The molecule has 6 nitrogen and oxygen atoms in total. The fourth-order valence-corrected chi connectivity index (χ4v) is 6.13. The Morgan fingerprint density at radius 3 is 2.41 bits per heavy atom. The van der Waals surface area contributed by atoms with Gasteiger partial charge in [0, 0.05) is 28.2 Å². The molecule has 4 aliphatic rings. The van der Waals surface area contributed by atoms with Gasteiger partial charge in [0.1, 0.15) is 0 Å². The Balaban J connectivity index is 1.69. The quantitative estimate of drug-likeness (QED) is 0.389. The Hall–Kier alpha value is -3.35. The molecule has 2 amide bonds. The summed E-state index contributed by atoms with van der Waals surface area (Å²) < 4.78 is 14.4. The number of nitrogens with zero attached hydrogens (tertiary/aromatic N) is 1. The van der Waals surface area contributed by atoms with Crippen molar-refractivity contribution in [1.82, 2.24) is 4.90 Å². The minimum Gasteiger partial charge on any atom is -0.505 e. The molecule has 34 heavy (non-hydrogen) atoms. The van der Waals surface area contributed by atoms with E-state index in [1.54, 1.807) is 6.92 Å². The molecule has 4 unspecified atom stereocenters. The number of benzene rings is 1. The number of imide groups is 1. The van der Waals surface area contributed by atoms with Gasteiger partial charge in [0.25, 0.3) is 0 Å². The number of fused-ring (bicyclic) bond motifs is 3. The monoisotopic (exact) mass is 463 g/mol. The van der Waals surface area contributed by atoms with Crippen molar-refractivity contribution >= 4 is 23.4 Å². The number of hydrogen-bond donors (Lipinski definition) is 1. The van der Waals surface area contributed by atoms with Crippen LogP contribution in [0, 0.1) is 23.6 Å². The van der Waals surface area contributed by atoms with Crippen LogP contribution < -0.4 is 0 Å². The molecule has 1 N–H and O–H groups in total. The van der Waals surface area contributed by atoms with Gasteiger partial charge in [-0.1, -0.05) is 17.7 Å². The summed E-state index contributed by atoms with van der Waals surface area (Å²) >= 11 is 0. The summed E-state index contributed by atoms with van der Waals surface area (Å²) in [5.41, 5.74) is 1.46. The number of phenols is 1. The van der Waals surface area contributed by atoms with Crippen LogP contribution in [0.15, 0.2) is 52.6 Å². The van der Waals surface area contributed by atoms with Crippen LogP contribution in [0.2, 0.25) is 0 Å². The first-order chi connectivity index (χ1) is 15.9. The number of rotatable bonds is 1. The maximum atomic E-state index is 14.4. The second-order valence-electron chi connectivity index (χ2n) is 10.6. The average molecular weight is 464 g/mol. The highest BCUT2D eigenvalue weighted by molar-refractivity contribution is 6.23. The van der Waals surface area contributed by atoms with Crippen molar-refractivity contribution in [3.8, 4) is 5.75 Å². The molecule has 1 fully saturated rings. The molecule has 176 valence electrons. The predicted molar refractivity (Wildman–Crippen MR) is 121 cm³/mol. The minimum atomic E-state index is -0.830. The maximum absolute atomic E-state index is 14.4. The molecule has 5 rings (SSSR count). The van der Waals surface area contributed by atoms with Gasteiger partial charge in [0.15, 0.2) is 23.1 Å². The number of allylic oxidation sites excluding steroid dienone is 6. The molecule has 0 saturated carbocycles. The number of hydrogen-bond acceptors (Lipinski definition) is 5. The van der Waals surface area contributed by atoms with Crippen molar-refractivity contribution in [2.45, 2.75) is 52.0 Å². The zero-order valence-corrected chi connectivity index (χ0v) is 19.5. The molecule has 4 atom stereocenters. The van der Waals surface area contributed by atoms with E-state index in [0.717, 1.165) is 5.57 Å². The lowest BCUT2D eigenvalue weighted by Gasteiger charge is -2.42. The Bertz CT molecular complexity index is 1280. The largest absolute Gasteiger partial charge is 0.505 e. The highest BCUT2D eigenvalue weighted by Gasteiger charge is 2.58. The minimum absolute atomic E-state index is 0.187. The normalized spacial score (nSPS) is 29.0. The Morgan fingerprint density at radius 2 is 1.76 bits per heavy atom. The summed E-state index contributed by atoms with van der Waals surface area (Å²) in [6.07, 6.45) is 3.73. The van der Waals surface area contributed by atoms with E-state index in [1.165, 1.54) is 29.2 Å². The molecule has 0 spiro atoms. The molecule has 0 aromatic heterocycles. The number of aromatic hydroxyl groups is 1. The number of likely N-dealkylation sites (tertiary alicyclic amines) is 1. The van der Waals surface area contributed by atoms with Gasteiger partial charge < -0.3 is 5.11 Å². The highest BCUT2D eigenvalue weighted by Crippen LogP contribution is 2.55. The number of Topliss-reactive ketones (excluding diaryl/α,β-unsaturated/α-hetero) is 1. The lowest BCUT2D eigenvalue weighted by molar-refractivity contribution is -0.145. The van der Waals surface area contributed by atoms with Crippen LogP contribution in [-0.4, -0.2) is 38.9 Å². The van der Waals surface area contributed by atoms with Crippen LogP contribution in [0.5, 0.6) is 5.75 Å². The van der Waals surface area contributed by atoms with Gasteiger partial charge in [-0.25, -0.2) is 4.39 Å². The summed E-state index contributed by atoms with van der Waals surface area (Å²) in [6, 6.07) is 3.93. The third-order valence-corrected chi connectivity index (χ3v) is 7.54. The van der Waals surface area contributed by atoms with Crippen LogP contribution in [-0.2, 0) is 19.2 Å². The lowest BCUT2D eigenvalue weighted by Crippen LogP contribution is -2.46. The summed E-state index contributed by atoms with van der Waals surface area (Å²) in [5.74, 6) is -4.73. The topological polar surface area (TPSA) is 91.8 Å². The van der Waals surface area contributed by atoms with Gasteiger partial charge in [-0.15, -0.1) is 0 Å². The van der Waals surface area contributed by atoms with Gasteiger partial charge in [-0.2, -0.15) is 0 Å². The van der Waals surface area contributed by atoms with Crippen molar-refractivity contribution in [2.75, 3.05) is 0 Å². The molecular weight excluding hydrogens is 437 g/mol. The molecular formula is C27H26FNO5. The lowest BCUT2D eigenvalue weighted by atomic mass is 9.59. The Kier molecular flexibility index (Phi) is 4.83. The fraction of sp³-hybridized carbons (Fsp3) is 0.407. The standard InChI is InChI=1S/C27H26FNO5/c1-12-9-20(31)23-17(24(12)32)11-16-14(21(23)13-5-8-19(30)18(28)10-13)6-7-15-22(16)26(34)29(25(15)33)27(2,3)4/h5-6,8-10,15-16,21-22,30H,7,11H2,1-4H3. The van der Waals surface area contributed by atoms with Gasteiger partial charge in [-0.05, 0) is 70.2 Å². The van der Waals surface area contributed by atoms with Crippen LogP contribution in [0.3, 0.4) is 0 Å². The fourth-order valence-electron chi connectivity index (χ4n) is 6.13. The second-order valence-corrected chi connectivity index (χ2v) is 10.6. The third-order valence-electron chi connectivity index (χ3n) is 7.54. The molecule has 0 bridgehead atoms. The highest BCUT2D eigenvalue weighted by atomic mass is 19.1. The zero-order valence-electron chi connectivity index (χ0n) is 19.5. The van der Waals surface area contributed by atoms with Crippen molar-refractivity contribution in [3.05, 3.63) is 64.0 Å². The van der Waals surface area contributed by atoms with E-state index in [-0.39, 0.29) is 29.8 Å². The molecule has 1 saturated heterocycles. The first-order valence-corrected chi connectivity index (χ1v) is 11.5. The predicted octanol–water partition coefficient (Wildman–Crippen LogP) is 3.76. The molecule has 1 aromatic carbocycles. The maximum Gasteiger partial charge on any atom is 0.234 e. The molecule has 1 heterocycles. The summed E-state index contributed by atoms with van der Waals surface area (Å²) in [7, 11) is 0. The number of phenolic OH excluding ortho intramolecular Hbond substituents is 1. The van der Waals surface area contributed by atoms with Crippen molar-refractivity contribution < 1.29 is 28.7 Å². The first kappa shape index (κ1) is 22.4. The van der Waals surface area contributed by atoms with Gasteiger partial charge in [0.05, 0.1) is 11.8 Å². The van der Waals surface area contributed by atoms with E-state index < -0.39 is 40.8 Å². The Morgan fingerprint density at radius 1 is 1.06 bits per heavy atom. The summed E-state index contributed by atoms with van der Waals surface area (Å²) in [5, 5.41) is 9.71. The smallest absolute Gasteiger partial charge is 0.234 e. The number of carbonyl (C=O) groups excluding carboxylic acids is 4. The first-order valence-electron chi connectivity index (χ1n) is 11.5. The van der Waals surface area contributed by atoms with Crippen LogP contribution >= 0.6 is 0 Å². The van der Waals surface area contributed by atoms with E-state index in [1.807, 2.05) is 26.8 Å². The molecule has 1 aliphatic heterocycles. The van der Waals surface area contributed by atoms with Crippen molar-refractivity contribution in [1.29, 1.82) is 0 Å². The molecule has 3 aliphatic carbocycles. The van der Waals surface area contributed by atoms with E-state index in [4.69, 9.17) is 0 Å². The van der Waals surface area contributed by atoms with E-state index in [0.29, 0.717) is 28.7 Å². The molecule has 1 aromatic rings. The van der Waals surface area contributed by atoms with Crippen molar-refractivity contribution in [3.63, 3.8) is 0 Å². The Labute approximate surface area is 196 Å². The summed E-state index contributed by atoms with van der Waals surface area (Å²) in [4.78, 5) is 54.4. The number of ketones is 2. The SMILES string of the molecule is CC1=CC(=O)C2=C(CC3C(=CCC4C(=O)N(C(C)(C)C)C(=O)C43)C2c2ccc(O)c(F)c2)C1=O. The second kappa shape index (κ2) is 7.32. The van der Waals surface area contributed by atoms with E-state index >= 15 is 0 Å². The van der Waals surface area contributed by atoms with Gasteiger partial charge in [0.2, 0.25) is 11.8 Å². The summed E-state index contributed by atoms with van der Waals surface area (Å²) in [6.45, 7) is 7.03. The average Bonchev–Trinajstić information content (AvgIpc) is 3.03. The van der Waals surface area contributed by atoms with Crippen LogP contribution in [0.4, 0.5) is 4.39 Å². The third kappa shape index (κ3) is 3.06. The van der Waals surface area contributed by atoms with E-state index in [9.17, 15) is 28.7 Å². The van der Waals surface area contributed by atoms with Crippen LogP contribution in [0.1, 0.15) is 52.0 Å². The zero-order chi connectivity index (χ0) is 24.7. The number of amides is 2. The van der Waals surface area contributed by atoms with Crippen LogP contribution in [0.25, 0.3) is 0 Å². The number of halogens is 1. The molecule has 0 radical (unpaired) electrons. The van der Waals surface area contributed by atoms with E-state index in [2.05, 4.69) is 0 Å². The number of carbonyl (C=O) groups is 4. The van der Waals surface area contributed by atoms with Crippen molar-refractivity contribution in [2.24, 2.45) is 17.8 Å². The van der Waals surface area contributed by atoms with Gasteiger partial charge in [-0.3, -0.25) is 24.1 Å². The van der Waals surface area contributed by atoms with Gasteiger partial charge >= 0.3 is 0 Å². The molecule has 7 heteroatoms.